The molecule has 0 aromatic carbocycles. The molecule has 1 aromatic heterocycles. The molecule has 0 bridgehead atoms. The second-order valence-corrected chi connectivity index (χ2v) is 6.92. The predicted octanol–water partition coefficient (Wildman–Crippen LogP) is 3.26. The molecule has 1 fully saturated rings. The lowest BCUT2D eigenvalue weighted by Gasteiger charge is -2.35. The van der Waals surface area contributed by atoms with Gasteiger partial charge in [0.2, 0.25) is 0 Å². The first kappa shape index (κ1) is 16.0. The van der Waals surface area contributed by atoms with Gasteiger partial charge >= 0.3 is 0 Å². The van der Waals surface area contributed by atoms with Gasteiger partial charge in [-0.1, -0.05) is 13.8 Å². The minimum Gasteiger partial charge on any atom is -0.360 e. The zero-order valence-electron chi connectivity index (χ0n) is 13.4. The second kappa shape index (κ2) is 7.07. The highest BCUT2D eigenvalue weighted by Crippen LogP contribution is 2.25. The zero-order valence-corrected chi connectivity index (χ0v) is 14.2. The monoisotopic (exact) mass is 306 g/mol. The molecule has 2 heterocycles. The molecule has 0 unspecified atom stereocenters. The molecule has 2 rings (SSSR count). The van der Waals surface area contributed by atoms with Crippen molar-refractivity contribution in [2.45, 2.75) is 40.2 Å². The average Bonchev–Trinajstić information content (AvgIpc) is 2.37. The fraction of sp³-hybridized carbons (Fsp3) is 0.625. The maximum atomic E-state index is 5.24. The number of hydrogen-bond donors (Lipinski definition) is 2. The van der Waals surface area contributed by atoms with Crippen molar-refractivity contribution in [3.63, 3.8) is 0 Å². The molecule has 0 saturated carbocycles. The van der Waals surface area contributed by atoms with E-state index in [9.17, 15) is 0 Å². The number of rotatable bonds is 3. The Morgan fingerprint density at radius 1 is 1.29 bits per heavy atom. The van der Waals surface area contributed by atoms with Crippen LogP contribution in [0.3, 0.4) is 0 Å². The van der Waals surface area contributed by atoms with Gasteiger partial charge in [-0.2, -0.15) is 0 Å². The first-order chi connectivity index (χ1) is 9.94. The summed E-state index contributed by atoms with van der Waals surface area (Å²) in [5.41, 5.74) is 0.926. The van der Waals surface area contributed by atoms with Crippen molar-refractivity contribution in [1.82, 2.24) is 10.3 Å². The van der Waals surface area contributed by atoms with Crippen molar-refractivity contribution in [2.75, 3.05) is 23.3 Å². The lowest BCUT2D eigenvalue weighted by Crippen LogP contribution is -2.39. The zero-order chi connectivity index (χ0) is 15.4. The summed E-state index contributed by atoms with van der Waals surface area (Å²) in [4.78, 5) is 6.96. The van der Waals surface area contributed by atoms with Crippen LogP contribution >= 0.6 is 12.2 Å². The van der Waals surface area contributed by atoms with Crippen LogP contribution in [-0.4, -0.2) is 29.2 Å². The summed E-state index contributed by atoms with van der Waals surface area (Å²) in [6, 6.07) is 4.44. The van der Waals surface area contributed by atoms with Crippen LogP contribution < -0.4 is 15.5 Å². The normalized spacial score (nSPS) is 22.2. The minimum atomic E-state index is 0.327. The Bertz CT molecular complexity index is 462. The van der Waals surface area contributed by atoms with Gasteiger partial charge in [0.25, 0.3) is 0 Å². The Balaban J connectivity index is 1.97. The Hall–Kier alpha value is -1.36. The predicted molar refractivity (Wildman–Crippen MR) is 93.9 cm³/mol. The van der Waals surface area contributed by atoms with E-state index in [1.165, 1.54) is 6.42 Å². The van der Waals surface area contributed by atoms with Crippen LogP contribution in [0.15, 0.2) is 18.3 Å². The van der Waals surface area contributed by atoms with E-state index in [0.29, 0.717) is 11.2 Å². The highest BCUT2D eigenvalue weighted by Gasteiger charge is 2.22. The van der Waals surface area contributed by atoms with E-state index in [2.05, 4.69) is 54.3 Å². The summed E-state index contributed by atoms with van der Waals surface area (Å²) < 4.78 is 0. The Morgan fingerprint density at radius 3 is 2.48 bits per heavy atom. The van der Waals surface area contributed by atoms with Crippen LogP contribution in [-0.2, 0) is 0 Å². The number of hydrogen-bond acceptors (Lipinski definition) is 3. The van der Waals surface area contributed by atoms with E-state index in [4.69, 9.17) is 12.2 Å². The molecule has 4 nitrogen and oxygen atoms in total. The summed E-state index contributed by atoms with van der Waals surface area (Å²) in [7, 11) is 0. The fourth-order valence-electron chi connectivity index (χ4n) is 2.93. The molecule has 0 radical (unpaired) electrons. The van der Waals surface area contributed by atoms with E-state index < -0.39 is 0 Å². The molecular weight excluding hydrogens is 280 g/mol. The number of anilines is 2. The molecule has 2 N–H and O–H groups in total. The third-order valence-electron chi connectivity index (χ3n) is 3.62. The van der Waals surface area contributed by atoms with Gasteiger partial charge in [-0.05, 0) is 56.5 Å². The van der Waals surface area contributed by atoms with E-state index in [-0.39, 0.29) is 0 Å². The van der Waals surface area contributed by atoms with Gasteiger partial charge < -0.3 is 15.5 Å². The van der Waals surface area contributed by atoms with Gasteiger partial charge in [-0.3, -0.25) is 0 Å². The molecule has 1 aliphatic rings. The smallest absolute Gasteiger partial charge is 0.171 e. The van der Waals surface area contributed by atoms with Crippen LogP contribution in [0, 0.1) is 11.8 Å². The Labute approximate surface area is 133 Å². The molecule has 2 atom stereocenters. The summed E-state index contributed by atoms with van der Waals surface area (Å²) >= 11 is 5.24. The third kappa shape index (κ3) is 4.84. The second-order valence-electron chi connectivity index (χ2n) is 6.51. The first-order valence-corrected chi connectivity index (χ1v) is 8.13. The average molecular weight is 306 g/mol. The molecule has 0 amide bonds. The topological polar surface area (TPSA) is 40.2 Å². The lowest BCUT2D eigenvalue weighted by atomic mass is 9.92. The van der Waals surface area contributed by atoms with Crippen molar-refractivity contribution in [3.8, 4) is 0 Å². The van der Waals surface area contributed by atoms with Crippen molar-refractivity contribution in [2.24, 2.45) is 11.8 Å². The largest absolute Gasteiger partial charge is 0.360 e. The van der Waals surface area contributed by atoms with Gasteiger partial charge in [-0.25, -0.2) is 4.98 Å². The van der Waals surface area contributed by atoms with Gasteiger partial charge in [0.15, 0.2) is 5.11 Å². The lowest BCUT2D eigenvalue weighted by molar-refractivity contribution is 0.355. The molecule has 1 aromatic rings. The summed E-state index contributed by atoms with van der Waals surface area (Å²) in [6.45, 7) is 10.9. The van der Waals surface area contributed by atoms with Crippen LogP contribution in [0.5, 0.6) is 0 Å². The summed E-state index contributed by atoms with van der Waals surface area (Å²) in [5.74, 6) is 2.52. The maximum absolute atomic E-state index is 5.24. The van der Waals surface area contributed by atoms with Gasteiger partial charge in [0, 0.05) is 19.1 Å². The third-order valence-corrected chi connectivity index (χ3v) is 3.84. The van der Waals surface area contributed by atoms with Crippen LogP contribution in [0.25, 0.3) is 0 Å². The molecule has 5 heteroatoms. The van der Waals surface area contributed by atoms with Crippen molar-refractivity contribution >= 4 is 28.8 Å². The summed E-state index contributed by atoms with van der Waals surface area (Å²) in [6.07, 6.45) is 3.17. The number of nitrogens with one attached hydrogen (secondary N) is 2. The molecule has 0 aliphatic carbocycles. The molecule has 1 aliphatic heterocycles. The minimum absolute atomic E-state index is 0.327. The Kier molecular flexibility index (Phi) is 5.39. The SMILES string of the molecule is CC(C)NC(=S)Nc1ccc(N2C[C@@H](C)C[C@H](C)C2)nc1. The van der Waals surface area contributed by atoms with Crippen LogP contribution in [0.2, 0.25) is 0 Å². The molecule has 21 heavy (non-hydrogen) atoms. The van der Waals surface area contributed by atoms with E-state index in [1.54, 1.807) is 0 Å². The standard InChI is InChI=1S/C16H26N4S/c1-11(2)18-16(21)19-14-5-6-15(17-8-14)20-9-12(3)7-13(4)10-20/h5-6,8,11-13H,7,9-10H2,1-4H3,(H2,18,19,21)/t12-,13-/m0/s1. The highest BCUT2D eigenvalue weighted by atomic mass is 32.1. The van der Waals surface area contributed by atoms with Crippen molar-refractivity contribution in [1.29, 1.82) is 0 Å². The van der Waals surface area contributed by atoms with Gasteiger partial charge in [0.1, 0.15) is 5.82 Å². The van der Waals surface area contributed by atoms with Gasteiger partial charge in [0.05, 0.1) is 11.9 Å². The molecular formula is C16H26N4S. The van der Waals surface area contributed by atoms with Gasteiger partial charge in [-0.15, -0.1) is 0 Å². The first-order valence-electron chi connectivity index (χ1n) is 7.72. The Morgan fingerprint density at radius 2 is 1.95 bits per heavy atom. The van der Waals surface area contributed by atoms with Crippen molar-refractivity contribution in [3.05, 3.63) is 18.3 Å². The van der Waals surface area contributed by atoms with Crippen molar-refractivity contribution < 1.29 is 0 Å². The maximum Gasteiger partial charge on any atom is 0.171 e. The van der Waals surface area contributed by atoms with Crippen LogP contribution in [0.4, 0.5) is 11.5 Å². The number of aromatic nitrogens is 1. The number of nitrogens with zero attached hydrogens (tertiary/aromatic N) is 2. The highest BCUT2D eigenvalue weighted by molar-refractivity contribution is 7.80. The van der Waals surface area contributed by atoms with E-state index in [0.717, 1.165) is 36.4 Å². The molecule has 0 spiro atoms. The van der Waals surface area contributed by atoms with E-state index >= 15 is 0 Å². The number of thiocarbonyl (C=S) groups is 1. The van der Waals surface area contributed by atoms with E-state index in [1.807, 2.05) is 12.3 Å². The quantitative estimate of drug-likeness (QED) is 0.839. The molecule has 116 valence electrons. The number of piperidine rings is 1. The molecule has 1 saturated heterocycles. The fourth-order valence-corrected chi connectivity index (χ4v) is 3.28. The number of pyridine rings is 1. The van der Waals surface area contributed by atoms with Crippen LogP contribution in [0.1, 0.15) is 34.1 Å². The summed E-state index contributed by atoms with van der Waals surface area (Å²) in [5, 5.41) is 6.96.